The van der Waals surface area contributed by atoms with Crippen LogP contribution in [0.5, 0.6) is 0 Å². The molecule has 1 amide bonds. The molecule has 2 unspecified atom stereocenters. The van der Waals surface area contributed by atoms with Crippen molar-refractivity contribution >= 4 is 45.2 Å². The third-order valence-electron chi connectivity index (χ3n) is 5.23. The first-order chi connectivity index (χ1) is 17.6. The number of halogens is 1. The molecule has 0 saturated carbocycles. The zero-order valence-electron chi connectivity index (χ0n) is 19.2. The van der Waals surface area contributed by atoms with Gasteiger partial charge in [-0.05, 0) is 61.0 Å². The molecule has 3 aromatic rings. The first kappa shape index (κ1) is 25.9. The van der Waals surface area contributed by atoms with E-state index >= 15 is 0 Å². The van der Waals surface area contributed by atoms with Gasteiger partial charge in [0, 0.05) is 22.8 Å². The van der Waals surface area contributed by atoms with Gasteiger partial charge in [0.25, 0.3) is 15.7 Å². The Balaban J connectivity index is 1.53. The van der Waals surface area contributed by atoms with E-state index in [9.17, 15) is 23.3 Å². The number of nitrogens with one attached hydrogen (secondary N) is 1. The molecule has 4 rings (SSSR count). The van der Waals surface area contributed by atoms with Crippen LogP contribution in [0.25, 0.3) is 0 Å². The Morgan fingerprint density at radius 2 is 1.70 bits per heavy atom. The zero-order chi connectivity index (χ0) is 26.6. The highest BCUT2D eigenvalue weighted by Crippen LogP contribution is 2.32. The summed E-state index contributed by atoms with van der Waals surface area (Å²) in [6.07, 6.45) is -3.30. The van der Waals surface area contributed by atoms with Gasteiger partial charge in [0.15, 0.2) is 12.2 Å². The van der Waals surface area contributed by atoms with Crippen LogP contribution < -0.4 is 5.32 Å². The smallest absolute Gasteiger partial charge is 0.411 e. The number of carbonyl (C=O) groups is 1. The van der Waals surface area contributed by atoms with Gasteiger partial charge in [-0.3, -0.25) is 15.4 Å². The Morgan fingerprint density at radius 3 is 2.32 bits per heavy atom. The summed E-state index contributed by atoms with van der Waals surface area (Å²) in [6.45, 7) is 1.47. The van der Waals surface area contributed by atoms with Crippen LogP contribution in [-0.2, 0) is 24.2 Å². The number of amides is 1. The van der Waals surface area contributed by atoms with Gasteiger partial charge in [-0.2, -0.15) is 8.42 Å². The largest absolute Gasteiger partial charge is 0.445 e. The van der Waals surface area contributed by atoms with Crippen LogP contribution in [0.15, 0.2) is 82.1 Å². The monoisotopic (exact) mass is 545 g/mol. The van der Waals surface area contributed by atoms with Crippen LogP contribution in [-0.4, -0.2) is 38.2 Å². The van der Waals surface area contributed by atoms with Gasteiger partial charge >= 0.3 is 12.2 Å². The maximum Gasteiger partial charge on any atom is 0.411 e. The van der Waals surface area contributed by atoms with Crippen molar-refractivity contribution in [2.24, 2.45) is 4.40 Å². The minimum atomic E-state index is -4.17. The third kappa shape index (κ3) is 6.54. The maximum absolute atomic E-state index is 12.7. The predicted octanol–water partition coefficient (Wildman–Crippen LogP) is 5.01. The Bertz CT molecular complexity index is 1430. The van der Waals surface area contributed by atoms with Gasteiger partial charge in [-0.15, -0.1) is 0 Å². The van der Waals surface area contributed by atoms with Gasteiger partial charge in [0.05, 0.1) is 9.82 Å². The van der Waals surface area contributed by atoms with E-state index in [4.69, 9.17) is 25.8 Å². The van der Waals surface area contributed by atoms with E-state index < -0.39 is 39.3 Å². The van der Waals surface area contributed by atoms with Crippen molar-refractivity contribution in [3.8, 4) is 0 Å². The molecule has 192 valence electrons. The van der Waals surface area contributed by atoms with Crippen molar-refractivity contribution in [1.82, 2.24) is 0 Å². The molecule has 0 spiro atoms. The van der Waals surface area contributed by atoms with Gasteiger partial charge < -0.3 is 14.2 Å². The fourth-order valence-corrected chi connectivity index (χ4v) is 4.34. The second-order valence-electron chi connectivity index (χ2n) is 7.92. The summed E-state index contributed by atoms with van der Waals surface area (Å²) in [5.74, 6) is 0. The molecule has 1 saturated heterocycles. The molecule has 1 fully saturated rings. The molecule has 11 nitrogen and oxygen atoms in total. The van der Waals surface area contributed by atoms with E-state index in [0.717, 1.165) is 5.56 Å². The quantitative estimate of drug-likeness (QED) is 0.322. The summed E-state index contributed by atoms with van der Waals surface area (Å²) in [7, 11) is -4.17. The van der Waals surface area contributed by atoms with Gasteiger partial charge in [-0.1, -0.05) is 33.7 Å². The summed E-state index contributed by atoms with van der Waals surface area (Å²) in [4.78, 5) is 22.7. The molecular weight excluding hydrogens is 526 g/mol. The lowest BCUT2D eigenvalue weighted by molar-refractivity contribution is -0.384. The number of hydrogen-bond donors (Lipinski definition) is 1. The second-order valence-corrected chi connectivity index (χ2v) is 9.96. The van der Waals surface area contributed by atoms with E-state index in [-0.39, 0.29) is 17.2 Å². The average molecular weight is 546 g/mol. The molecule has 1 heterocycles. The van der Waals surface area contributed by atoms with Crippen LogP contribution in [0.1, 0.15) is 17.2 Å². The van der Waals surface area contributed by atoms with Gasteiger partial charge in [0.1, 0.15) is 6.61 Å². The Labute approximate surface area is 216 Å². The van der Waals surface area contributed by atoms with Crippen molar-refractivity contribution < 1.29 is 32.3 Å². The van der Waals surface area contributed by atoms with Crippen molar-refractivity contribution in [2.75, 3.05) is 11.9 Å². The molecule has 1 aliphatic rings. The number of hydrogen-bond acceptors (Lipinski definition) is 8. The van der Waals surface area contributed by atoms with Crippen LogP contribution in [0.2, 0.25) is 5.02 Å². The SMILES string of the molecule is Cc1ccc(S(=O)(=O)/N=C2/OC(COC(=O)Nc3ccc(Cl)cc3)C(c3ccc([N+](=O)[O-])cc3)O2)cc1. The van der Waals surface area contributed by atoms with Crippen molar-refractivity contribution in [3.05, 3.63) is 99.1 Å². The highest BCUT2D eigenvalue weighted by molar-refractivity contribution is 7.90. The summed E-state index contributed by atoms with van der Waals surface area (Å²) in [5, 5.41) is 14.0. The van der Waals surface area contributed by atoms with Crippen LogP contribution >= 0.6 is 11.6 Å². The number of nitrogens with zero attached hydrogens (tertiary/aromatic N) is 2. The lowest BCUT2D eigenvalue weighted by atomic mass is 10.0. The summed E-state index contributed by atoms with van der Waals surface area (Å²) in [5.41, 5.74) is 1.59. The number of carbonyl (C=O) groups excluding carboxylic acids is 1. The number of sulfonamides is 1. The first-order valence-electron chi connectivity index (χ1n) is 10.8. The number of non-ortho nitro benzene ring substituents is 1. The van der Waals surface area contributed by atoms with Crippen LogP contribution in [0.3, 0.4) is 0 Å². The molecule has 0 aliphatic carbocycles. The number of nitro groups is 1. The number of anilines is 1. The highest BCUT2D eigenvalue weighted by Gasteiger charge is 2.39. The molecule has 0 radical (unpaired) electrons. The van der Waals surface area contributed by atoms with Gasteiger partial charge in [-0.25, -0.2) is 4.79 Å². The summed E-state index contributed by atoms with van der Waals surface area (Å²) in [6, 6.07) is 17.8. The standard InChI is InChI=1S/C24H20ClN3O8S/c1-15-2-12-20(13-3-15)37(32,33)27-24-35-21(14-34-23(29)26-18-8-6-17(25)7-9-18)22(36-24)16-4-10-19(11-5-16)28(30)31/h2-13,21-22H,14H2,1H3,(H,26,29)/b27-24-. The third-order valence-corrected chi connectivity index (χ3v) is 6.74. The normalized spacial score (nSPS) is 18.1. The molecule has 37 heavy (non-hydrogen) atoms. The lowest BCUT2D eigenvalue weighted by Gasteiger charge is -2.16. The molecule has 0 aromatic heterocycles. The summed E-state index contributed by atoms with van der Waals surface area (Å²) >= 11 is 5.84. The maximum atomic E-state index is 12.7. The number of rotatable bonds is 7. The lowest BCUT2D eigenvalue weighted by Crippen LogP contribution is -2.26. The number of ether oxygens (including phenoxy) is 3. The van der Waals surface area contributed by atoms with Crippen molar-refractivity contribution in [1.29, 1.82) is 0 Å². The van der Waals surface area contributed by atoms with E-state index in [2.05, 4.69) is 9.71 Å². The predicted molar refractivity (Wildman–Crippen MR) is 134 cm³/mol. The fourth-order valence-electron chi connectivity index (χ4n) is 3.34. The molecule has 2 atom stereocenters. The summed E-state index contributed by atoms with van der Waals surface area (Å²) < 4.78 is 45.6. The zero-order valence-corrected chi connectivity index (χ0v) is 20.8. The van der Waals surface area contributed by atoms with Crippen LogP contribution in [0, 0.1) is 17.0 Å². The topological polar surface area (TPSA) is 146 Å². The Morgan fingerprint density at radius 1 is 1.05 bits per heavy atom. The first-order valence-corrected chi connectivity index (χ1v) is 12.6. The van der Waals surface area contributed by atoms with E-state index in [1.54, 1.807) is 36.4 Å². The van der Waals surface area contributed by atoms with Gasteiger partial charge in [0.2, 0.25) is 0 Å². The molecule has 13 heteroatoms. The molecular formula is C24H20ClN3O8S. The van der Waals surface area contributed by atoms with E-state index in [1.165, 1.54) is 36.4 Å². The molecule has 1 N–H and O–H groups in total. The average Bonchev–Trinajstić information content (AvgIpc) is 3.26. The van der Waals surface area contributed by atoms with Crippen molar-refractivity contribution in [2.45, 2.75) is 24.0 Å². The fraction of sp³-hybridized carbons (Fsp3) is 0.167. The Kier molecular flexibility index (Phi) is 7.60. The number of aryl methyl sites for hydroxylation is 1. The highest BCUT2D eigenvalue weighted by atomic mass is 35.5. The molecule has 0 bridgehead atoms. The van der Waals surface area contributed by atoms with E-state index in [1.807, 2.05) is 6.92 Å². The molecule has 1 aliphatic heterocycles. The van der Waals surface area contributed by atoms with Crippen molar-refractivity contribution in [3.63, 3.8) is 0 Å². The second kappa shape index (κ2) is 10.8. The molecule has 3 aromatic carbocycles. The number of nitro benzene ring substituents is 1. The number of benzene rings is 3. The minimum absolute atomic E-state index is 0.0632. The minimum Gasteiger partial charge on any atom is -0.445 e. The Hall–Kier alpha value is -4.16. The van der Waals surface area contributed by atoms with E-state index in [0.29, 0.717) is 16.3 Å². The van der Waals surface area contributed by atoms with Crippen LogP contribution in [0.4, 0.5) is 16.2 Å².